The van der Waals surface area contributed by atoms with Crippen LogP contribution in [0.4, 0.5) is 0 Å². The van der Waals surface area contributed by atoms with E-state index in [0.717, 1.165) is 35.1 Å². The van der Waals surface area contributed by atoms with Gasteiger partial charge in [0.2, 0.25) is 0 Å². The Kier molecular flexibility index (Phi) is 3.47. The van der Waals surface area contributed by atoms with Gasteiger partial charge in [-0.15, -0.1) is 0 Å². The number of Topliss-reactive ketones (excluding diaryl/α,β-unsaturated/α-hetero) is 1. The third-order valence-corrected chi connectivity index (χ3v) is 7.84. The fourth-order valence-electron chi connectivity index (χ4n) is 4.19. The van der Waals surface area contributed by atoms with Crippen LogP contribution in [-0.2, 0) is 9.84 Å². The lowest BCUT2D eigenvalue weighted by molar-refractivity contribution is 0.0904. The molecular formula is C17H22O3S. The molecule has 1 aromatic carbocycles. The molecule has 2 saturated heterocycles. The summed E-state index contributed by atoms with van der Waals surface area (Å²) in [4.78, 5) is 12.9. The normalized spacial score (nSPS) is 30.3. The first-order valence-electron chi connectivity index (χ1n) is 7.65. The van der Waals surface area contributed by atoms with Gasteiger partial charge in [-0.25, -0.2) is 8.42 Å². The van der Waals surface area contributed by atoms with E-state index in [0.29, 0.717) is 12.8 Å². The third kappa shape index (κ3) is 2.33. The van der Waals surface area contributed by atoms with Crippen LogP contribution in [0.2, 0.25) is 0 Å². The van der Waals surface area contributed by atoms with Crippen LogP contribution in [0.3, 0.4) is 0 Å². The first-order valence-corrected chi connectivity index (χ1v) is 9.26. The van der Waals surface area contributed by atoms with Crippen molar-refractivity contribution in [1.29, 1.82) is 0 Å². The molecule has 2 aliphatic heterocycles. The number of carbonyl (C=O) groups excluding carboxylic acids is 1. The SMILES string of the molecule is Cc1cc(C)c(C(=O)C2CC3CCC(C2)S3(=O)=O)c(C)c1. The smallest absolute Gasteiger partial charge is 0.166 e. The topological polar surface area (TPSA) is 51.2 Å². The fraction of sp³-hybridized carbons (Fsp3) is 0.588. The molecule has 0 aliphatic carbocycles. The van der Waals surface area contributed by atoms with Crippen LogP contribution in [0.1, 0.15) is 52.7 Å². The first kappa shape index (κ1) is 14.8. The van der Waals surface area contributed by atoms with Crippen molar-refractivity contribution in [3.05, 3.63) is 34.4 Å². The van der Waals surface area contributed by atoms with Gasteiger partial charge in [0.15, 0.2) is 15.6 Å². The minimum Gasteiger partial charge on any atom is -0.294 e. The Hall–Kier alpha value is -1.16. The van der Waals surface area contributed by atoms with Crippen molar-refractivity contribution in [2.45, 2.75) is 57.0 Å². The van der Waals surface area contributed by atoms with Gasteiger partial charge in [0.1, 0.15) is 0 Å². The van der Waals surface area contributed by atoms with Crippen LogP contribution in [-0.4, -0.2) is 24.7 Å². The summed E-state index contributed by atoms with van der Waals surface area (Å²) < 4.78 is 24.3. The quantitative estimate of drug-likeness (QED) is 0.789. The summed E-state index contributed by atoms with van der Waals surface area (Å²) in [6.45, 7) is 5.98. The van der Waals surface area contributed by atoms with E-state index in [4.69, 9.17) is 0 Å². The van der Waals surface area contributed by atoms with E-state index < -0.39 is 9.84 Å². The minimum atomic E-state index is -2.96. The molecule has 2 unspecified atom stereocenters. The van der Waals surface area contributed by atoms with Crippen molar-refractivity contribution in [1.82, 2.24) is 0 Å². The van der Waals surface area contributed by atoms with Crippen LogP contribution in [0.5, 0.6) is 0 Å². The highest BCUT2D eigenvalue weighted by atomic mass is 32.2. The molecule has 2 fully saturated rings. The van der Waals surface area contributed by atoms with E-state index in [1.54, 1.807) is 0 Å². The molecule has 2 aliphatic rings. The lowest BCUT2D eigenvalue weighted by Gasteiger charge is -2.27. The zero-order valence-corrected chi connectivity index (χ0v) is 13.7. The van der Waals surface area contributed by atoms with E-state index in [2.05, 4.69) is 0 Å². The van der Waals surface area contributed by atoms with E-state index in [9.17, 15) is 13.2 Å². The molecule has 2 heterocycles. The van der Waals surface area contributed by atoms with Gasteiger partial charge in [-0.3, -0.25) is 4.79 Å². The minimum absolute atomic E-state index is 0.119. The number of ketones is 1. The molecule has 0 N–H and O–H groups in total. The van der Waals surface area contributed by atoms with Crippen molar-refractivity contribution in [2.24, 2.45) is 5.92 Å². The largest absolute Gasteiger partial charge is 0.294 e. The van der Waals surface area contributed by atoms with Gasteiger partial charge in [0.05, 0.1) is 10.5 Å². The maximum atomic E-state index is 12.9. The molecule has 0 amide bonds. The number of fused-ring (bicyclic) bond motifs is 2. The molecule has 2 bridgehead atoms. The lowest BCUT2D eigenvalue weighted by Crippen LogP contribution is -2.36. The molecule has 0 radical (unpaired) electrons. The average molecular weight is 306 g/mol. The summed E-state index contributed by atoms with van der Waals surface area (Å²) in [5, 5.41) is -0.562. The Balaban J connectivity index is 1.92. The highest BCUT2D eigenvalue weighted by Gasteiger charge is 2.48. The Morgan fingerprint density at radius 1 is 1.00 bits per heavy atom. The predicted octanol–water partition coefficient (Wildman–Crippen LogP) is 3.15. The number of carbonyl (C=O) groups is 1. The molecule has 4 heteroatoms. The fourth-order valence-corrected chi connectivity index (χ4v) is 6.67. The van der Waals surface area contributed by atoms with Crippen molar-refractivity contribution in [3.63, 3.8) is 0 Å². The number of rotatable bonds is 2. The third-order valence-electron chi connectivity index (χ3n) is 5.13. The van der Waals surface area contributed by atoms with Crippen molar-refractivity contribution < 1.29 is 13.2 Å². The average Bonchev–Trinajstić information content (AvgIpc) is 2.57. The highest BCUT2D eigenvalue weighted by molar-refractivity contribution is 7.93. The standard InChI is InChI=1S/C17H22O3S/c1-10-6-11(2)16(12(3)7-10)17(18)13-8-14-4-5-15(9-13)21(14,19)20/h6-7,13-15H,4-5,8-9H2,1-3H3. The van der Waals surface area contributed by atoms with Gasteiger partial charge in [0.25, 0.3) is 0 Å². The summed E-state index contributed by atoms with van der Waals surface area (Å²) in [7, 11) is -2.96. The second-order valence-corrected chi connectivity index (χ2v) is 9.23. The van der Waals surface area contributed by atoms with Crippen molar-refractivity contribution >= 4 is 15.6 Å². The van der Waals surface area contributed by atoms with E-state index in [1.807, 2.05) is 32.9 Å². The van der Waals surface area contributed by atoms with Gasteiger partial charge in [0, 0.05) is 11.5 Å². The number of hydrogen-bond acceptors (Lipinski definition) is 3. The van der Waals surface area contributed by atoms with Crippen LogP contribution < -0.4 is 0 Å². The molecule has 21 heavy (non-hydrogen) atoms. The number of benzene rings is 1. The van der Waals surface area contributed by atoms with Gasteiger partial charge in [-0.1, -0.05) is 17.7 Å². The number of aryl methyl sites for hydroxylation is 3. The molecule has 0 saturated carbocycles. The summed E-state index contributed by atoms with van der Waals surface area (Å²) in [6, 6.07) is 4.07. The molecule has 0 aromatic heterocycles. The van der Waals surface area contributed by atoms with Crippen molar-refractivity contribution in [3.8, 4) is 0 Å². The maximum Gasteiger partial charge on any atom is 0.166 e. The van der Waals surface area contributed by atoms with Gasteiger partial charge < -0.3 is 0 Å². The Morgan fingerprint density at radius 3 is 1.95 bits per heavy atom. The second kappa shape index (κ2) is 4.94. The van der Waals surface area contributed by atoms with Crippen LogP contribution in [0, 0.1) is 26.7 Å². The van der Waals surface area contributed by atoms with Crippen LogP contribution >= 0.6 is 0 Å². The van der Waals surface area contributed by atoms with Crippen LogP contribution in [0.15, 0.2) is 12.1 Å². The van der Waals surface area contributed by atoms with Crippen molar-refractivity contribution in [2.75, 3.05) is 0 Å². The zero-order valence-electron chi connectivity index (χ0n) is 12.8. The highest BCUT2D eigenvalue weighted by Crippen LogP contribution is 2.42. The summed E-state index contributed by atoms with van der Waals surface area (Å²) in [5.74, 6) is 0.0305. The summed E-state index contributed by atoms with van der Waals surface area (Å²) >= 11 is 0. The van der Waals surface area contributed by atoms with Gasteiger partial charge in [-0.2, -0.15) is 0 Å². The van der Waals surface area contributed by atoms with Gasteiger partial charge in [-0.05, 0) is 57.6 Å². The molecule has 3 nitrogen and oxygen atoms in total. The monoisotopic (exact) mass is 306 g/mol. The Morgan fingerprint density at radius 2 is 1.48 bits per heavy atom. The summed E-state index contributed by atoms with van der Waals surface area (Å²) in [6.07, 6.45) is 2.51. The molecule has 2 atom stereocenters. The van der Waals surface area contributed by atoms with E-state index in [-0.39, 0.29) is 22.2 Å². The molecule has 114 valence electrons. The Bertz CT molecular complexity index is 660. The Labute approximate surface area is 126 Å². The molecule has 1 aromatic rings. The lowest BCUT2D eigenvalue weighted by atomic mass is 9.86. The maximum absolute atomic E-state index is 12.9. The van der Waals surface area contributed by atoms with E-state index >= 15 is 0 Å². The van der Waals surface area contributed by atoms with Gasteiger partial charge >= 0.3 is 0 Å². The van der Waals surface area contributed by atoms with Crippen LogP contribution in [0.25, 0.3) is 0 Å². The van der Waals surface area contributed by atoms with E-state index in [1.165, 1.54) is 0 Å². The second-order valence-electron chi connectivity index (χ2n) is 6.72. The summed E-state index contributed by atoms with van der Waals surface area (Å²) in [5.41, 5.74) is 3.99. The zero-order chi connectivity index (χ0) is 15.4. The molecule has 3 rings (SSSR count). The number of hydrogen-bond donors (Lipinski definition) is 0. The first-order chi connectivity index (χ1) is 9.80. The predicted molar refractivity (Wildman–Crippen MR) is 83.4 cm³/mol. The molecule has 0 spiro atoms. The molecular weight excluding hydrogens is 284 g/mol. The number of sulfone groups is 1.